The minimum absolute atomic E-state index is 0.144. The Hall–Kier alpha value is -2.25. The maximum Gasteiger partial charge on any atom is 0.240 e. The molecule has 1 aromatic heterocycles. The normalized spacial score (nSPS) is 11.9. The summed E-state index contributed by atoms with van der Waals surface area (Å²) in [5, 5.41) is 0. The molecule has 23 heavy (non-hydrogen) atoms. The molecular formula is C16H18N2O4S. The van der Waals surface area contributed by atoms with Crippen LogP contribution in [0.25, 0.3) is 6.08 Å². The second kappa shape index (κ2) is 7.85. The maximum atomic E-state index is 12.0. The van der Waals surface area contributed by atoms with Gasteiger partial charge in [0.25, 0.3) is 0 Å². The zero-order valence-electron chi connectivity index (χ0n) is 12.7. The molecular weight excluding hydrogens is 316 g/mol. The van der Waals surface area contributed by atoms with Gasteiger partial charge in [0, 0.05) is 12.1 Å². The lowest BCUT2D eigenvalue weighted by atomic mass is 10.1. The molecule has 0 atom stereocenters. The van der Waals surface area contributed by atoms with Gasteiger partial charge < -0.3 is 4.42 Å². The van der Waals surface area contributed by atoms with Crippen molar-refractivity contribution in [1.29, 1.82) is 0 Å². The number of aromatic nitrogens is 1. The first-order valence-corrected chi connectivity index (χ1v) is 8.71. The van der Waals surface area contributed by atoms with E-state index in [9.17, 15) is 13.2 Å². The molecule has 0 aliphatic rings. The molecule has 0 spiro atoms. The Bertz CT molecular complexity index is 763. The first-order valence-electron chi connectivity index (χ1n) is 7.23. The lowest BCUT2D eigenvalue weighted by Gasteiger charge is -2.06. The molecule has 0 saturated carbocycles. The van der Waals surface area contributed by atoms with Crippen molar-refractivity contribution < 1.29 is 17.6 Å². The van der Waals surface area contributed by atoms with Gasteiger partial charge in [-0.25, -0.2) is 18.1 Å². The van der Waals surface area contributed by atoms with Crippen LogP contribution < -0.4 is 4.72 Å². The van der Waals surface area contributed by atoms with Crippen molar-refractivity contribution in [2.75, 3.05) is 6.54 Å². The van der Waals surface area contributed by atoms with E-state index in [0.717, 1.165) is 12.8 Å². The van der Waals surface area contributed by atoms with E-state index in [1.54, 1.807) is 0 Å². The van der Waals surface area contributed by atoms with E-state index in [0.29, 0.717) is 17.8 Å². The van der Waals surface area contributed by atoms with Crippen molar-refractivity contribution in [2.45, 2.75) is 24.7 Å². The van der Waals surface area contributed by atoms with E-state index >= 15 is 0 Å². The number of hydrogen-bond acceptors (Lipinski definition) is 5. The lowest BCUT2D eigenvalue weighted by Crippen LogP contribution is -2.24. The predicted octanol–water partition coefficient (Wildman–Crippen LogP) is 2.65. The van der Waals surface area contributed by atoms with Crippen molar-refractivity contribution in [3.63, 3.8) is 0 Å². The summed E-state index contributed by atoms with van der Waals surface area (Å²) < 4.78 is 31.4. The minimum atomic E-state index is -3.52. The van der Waals surface area contributed by atoms with Crippen LogP contribution >= 0.6 is 0 Å². The van der Waals surface area contributed by atoms with Crippen molar-refractivity contribution in [2.24, 2.45) is 0 Å². The Kier molecular flexibility index (Phi) is 5.84. The fraction of sp³-hybridized carbons (Fsp3) is 0.250. The number of ketones is 1. The largest absolute Gasteiger partial charge is 0.451 e. The third-order valence-electron chi connectivity index (χ3n) is 3.13. The highest BCUT2D eigenvalue weighted by Gasteiger charge is 2.13. The van der Waals surface area contributed by atoms with Gasteiger partial charge in [0.05, 0.1) is 4.90 Å². The fourth-order valence-corrected chi connectivity index (χ4v) is 2.90. The fourth-order valence-electron chi connectivity index (χ4n) is 1.83. The number of nitrogens with zero attached hydrogens (tertiary/aromatic N) is 1. The monoisotopic (exact) mass is 334 g/mol. The van der Waals surface area contributed by atoms with E-state index in [1.165, 1.54) is 49.1 Å². The molecule has 0 radical (unpaired) electrons. The van der Waals surface area contributed by atoms with Crippen LogP contribution in [0.4, 0.5) is 0 Å². The van der Waals surface area contributed by atoms with Gasteiger partial charge in [0.1, 0.15) is 12.0 Å². The van der Waals surface area contributed by atoms with E-state index in [1.807, 2.05) is 6.92 Å². The molecule has 1 aromatic carbocycles. The molecule has 2 aromatic rings. The molecule has 0 fully saturated rings. The Morgan fingerprint density at radius 1 is 1.30 bits per heavy atom. The Morgan fingerprint density at radius 2 is 2.04 bits per heavy atom. The van der Waals surface area contributed by atoms with Gasteiger partial charge >= 0.3 is 0 Å². The van der Waals surface area contributed by atoms with Crippen LogP contribution in [-0.2, 0) is 10.0 Å². The Morgan fingerprint density at radius 3 is 2.65 bits per heavy atom. The van der Waals surface area contributed by atoms with Gasteiger partial charge in [-0.15, -0.1) is 0 Å². The topological polar surface area (TPSA) is 89.3 Å². The third-order valence-corrected chi connectivity index (χ3v) is 4.61. The van der Waals surface area contributed by atoms with Crippen LogP contribution in [0, 0.1) is 0 Å². The molecule has 0 bridgehead atoms. The van der Waals surface area contributed by atoms with Gasteiger partial charge in [0.2, 0.25) is 10.0 Å². The summed E-state index contributed by atoms with van der Waals surface area (Å²) >= 11 is 0. The number of nitrogens with one attached hydrogen (secondary N) is 1. The van der Waals surface area contributed by atoms with Crippen LogP contribution in [0.2, 0.25) is 0 Å². The van der Waals surface area contributed by atoms with E-state index < -0.39 is 10.0 Å². The van der Waals surface area contributed by atoms with Crippen LogP contribution in [-0.4, -0.2) is 25.7 Å². The number of unbranched alkanes of at least 4 members (excludes halogenated alkanes) is 1. The standard InChI is InChI=1S/C16H18N2O4S/c1-2-3-10-18-23(20,21)15-7-4-13(5-8-15)16(19)9-6-14-11-22-12-17-14/h4-9,11-12,18H,2-3,10H2,1H3/b9-6+. The summed E-state index contributed by atoms with van der Waals surface area (Å²) in [7, 11) is -3.52. The second-order valence-electron chi connectivity index (χ2n) is 4.89. The van der Waals surface area contributed by atoms with Crippen LogP contribution in [0.15, 0.2) is 52.3 Å². The SMILES string of the molecule is CCCCNS(=O)(=O)c1ccc(C(=O)/C=C/c2cocn2)cc1. The molecule has 0 unspecified atom stereocenters. The number of carbonyl (C=O) groups is 1. The average Bonchev–Trinajstić information content (AvgIpc) is 3.06. The van der Waals surface area contributed by atoms with Gasteiger partial charge in [-0.05, 0) is 42.8 Å². The zero-order chi connectivity index (χ0) is 16.7. The summed E-state index contributed by atoms with van der Waals surface area (Å²) in [6, 6.07) is 5.82. The molecule has 0 aliphatic heterocycles. The van der Waals surface area contributed by atoms with Crippen molar-refractivity contribution in [3.05, 3.63) is 54.3 Å². The Labute approximate surface area is 135 Å². The number of hydrogen-bond donors (Lipinski definition) is 1. The summed E-state index contributed by atoms with van der Waals surface area (Å²) in [6.45, 7) is 2.39. The van der Waals surface area contributed by atoms with Gasteiger partial charge in [0.15, 0.2) is 12.2 Å². The van der Waals surface area contributed by atoms with Gasteiger partial charge in [-0.2, -0.15) is 0 Å². The van der Waals surface area contributed by atoms with Crippen LogP contribution in [0.5, 0.6) is 0 Å². The summed E-state index contributed by atoms with van der Waals surface area (Å²) in [5.74, 6) is -0.240. The van der Waals surface area contributed by atoms with Gasteiger partial charge in [-0.1, -0.05) is 13.3 Å². The molecule has 2 rings (SSSR count). The molecule has 0 saturated heterocycles. The first kappa shape index (κ1) is 17.1. The molecule has 0 amide bonds. The number of sulfonamides is 1. The smallest absolute Gasteiger partial charge is 0.240 e. The summed E-state index contributed by atoms with van der Waals surface area (Å²) in [4.78, 5) is 16.0. The minimum Gasteiger partial charge on any atom is -0.451 e. The highest BCUT2D eigenvalue weighted by atomic mass is 32.2. The number of carbonyl (C=O) groups excluding carboxylic acids is 1. The maximum absolute atomic E-state index is 12.0. The van der Waals surface area contributed by atoms with Gasteiger partial charge in [-0.3, -0.25) is 4.79 Å². The quantitative estimate of drug-likeness (QED) is 0.455. The summed E-state index contributed by atoms with van der Waals surface area (Å²) in [5.41, 5.74) is 0.940. The van der Waals surface area contributed by atoms with E-state index in [2.05, 4.69) is 9.71 Å². The summed E-state index contributed by atoms with van der Waals surface area (Å²) in [6.07, 6.45) is 7.27. The third kappa shape index (κ3) is 4.87. The molecule has 1 heterocycles. The lowest BCUT2D eigenvalue weighted by molar-refractivity contribution is 0.104. The average molecular weight is 334 g/mol. The van der Waals surface area contributed by atoms with Crippen molar-refractivity contribution >= 4 is 21.9 Å². The highest BCUT2D eigenvalue weighted by Crippen LogP contribution is 2.12. The molecule has 6 nitrogen and oxygen atoms in total. The molecule has 0 aliphatic carbocycles. The van der Waals surface area contributed by atoms with E-state index in [4.69, 9.17) is 4.42 Å². The predicted molar refractivity (Wildman–Crippen MR) is 86.4 cm³/mol. The molecule has 1 N–H and O–H groups in total. The molecule has 7 heteroatoms. The highest BCUT2D eigenvalue weighted by molar-refractivity contribution is 7.89. The number of oxazole rings is 1. The van der Waals surface area contributed by atoms with Crippen LogP contribution in [0.3, 0.4) is 0 Å². The van der Waals surface area contributed by atoms with Crippen LogP contribution in [0.1, 0.15) is 35.8 Å². The number of allylic oxidation sites excluding steroid dienone is 1. The second-order valence-corrected chi connectivity index (χ2v) is 6.65. The number of benzene rings is 1. The van der Waals surface area contributed by atoms with Crippen molar-refractivity contribution in [3.8, 4) is 0 Å². The van der Waals surface area contributed by atoms with Crippen molar-refractivity contribution in [1.82, 2.24) is 9.71 Å². The zero-order valence-corrected chi connectivity index (χ0v) is 13.5. The van der Waals surface area contributed by atoms with E-state index in [-0.39, 0.29) is 10.7 Å². The first-order chi connectivity index (χ1) is 11.0. The number of rotatable bonds is 8. The molecule has 122 valence electrons. The Balaban J connectivity index is 2.05.